The van der Waals surface area contributed by atoms with E-state index >= 15 is 0 Å². The van der Waals surface area contributed by atoms with Gasteiger partial charge in [-0.1, -0.05) is 30.7 Å². The number of fused-ring (bicyclic) bond motifs is 2. The topological polar surface area (TPSA) is 37.3 Å². The molecular formula is C15H20O2S. The largest absolute Gasteiger partial charge is 0.385 e. The van der Waals surface area contributed by atoms with Crippen molar-refractivity contribution in [3.63, 3.8) is 0 Å². The molecule has 2 unspecified atom stereocenters. The van der Waals surface area contributed by atoms with E-state index in [0.717, 1.165) is 24.0 Å². The normalized spacial score (nSPS) is 39.6. The van der Waals surface area contributed by atoms with E-state index in [4.69, 9.17) is 0 Å². The van der Waals surface area contributed by atoms with Gasteiger partial charge in [0.2, 0.25) is 0 Å². The maximum atomic E-state index is 12.2. The first-order valence-corrected chi connectivity index (χ1v) is 8.06. The fourth-order valence-corrected chi connectivity index (χ4v) is 5.82. The lowest BCUT2D eigenvalue weighted by Crippen LogP contribution is -2.47. The molecule has 0 spiro atoms. The summed E-state index contributed by atoms with van der Waals surface area (Å²) in [7, 11) is -0.723. The molecule has 0 saturated carbocycles. The average molecular weight is 264 g/mol. The maximum Gasteiger partial charge on any atom is 0.0922 e. The Hall–Kier alpha value is -0.670. The summed E-state index contributed by atoms with van der Waals surface area (Å²) in [6.07, 6.45) is 4.53. The summed E-state index contributed by atoms with van der Waals surface area (Å²) in [5.41, 5.74) is 1.43. The standard InChI is InChI=1S/C15H20O2S/c1-11-5-2-3-8-14(11)15(16)9-12-6-4-7-13(10-15)18(12)17/h2-3,5,8,12-13,16H,4,6-7,9-10H2,1H3. The predicted molar refractivity (Wildman–Crippen MR) is 73.9 cm³/mol. The number of benzene rings is 1. The van der Waals surface area contributed by atoms with Gasteiger partial charge in [0, 0.05) is 21.3 Å². The molecule has 0 aliphatic carbocycles. The minimum atomic E-state index is -0.755. The molecule has 1 aromatic rings. The molecule has 0 radical (unpaired) electrons. The smallest absolute Gasteiger partial charge is 0.0922 e. The summed E-state index contributed by atoms with van der Waals surface area (Å²) in [5, 5.41) is 11.4. The van der Waals surface area contributed by atoms with Crippen LogP contribution in [0.1, 0.15) is 43.2 Å². The van der Waals surface area contributed by atoms with Gasteiger partial charge in [0.15, 0.2) is 0 Å². The minimum Gasteiger partial charge on any atom is -0.385 e. The summed E-state index contributed by atoms with van der Waals surface area (Å²) in [6, 6.07) is 8.07. The molecule has 0 amide bonds. The Morgan fingerprint density at radius 3 is 2.44 bits per heavy atom. The van der Waals surface area contributed by atoms with Gasteiger partial charge in [0.25, 0.3) is 0 Å². The molecule has 2 heterocycles. The number of aliphatic hydroxyl groups is 1. The van der Waals surface area contributed by atoms with Gasteiger partial charge < -0.3 is 5.11 Å². The third-order valence-electron chi connectivity index (χ3n) is 4.49. The molecule has 2 nitrogen and oxygen atoms in total. The van der Waals surface area contributed by atoms with Gasteiger partial charge in [-0.3, -0.25) is 4.21 Å². The number of rotatable bonds is 1. The molecule has 3 heteroatoms. The van der Waals surface area contributed by atoms with E-state index < -0.39 is 16.4 Å². The molecule has 2 atom stereocenters. The van der Waals surface area contributed by atoms with Crippen LogP contribution in [0.4, 0.5) is 0 Å². The van der Waals surface area contributed by atoms with Crippen molar-refractivity contribution in [3.8, 4) is 0 Å². The van der Waals surface area contributed by atoms with Crippen LogP contribution < -0.4 is 0 Å². The Labute approximate surface area is 111 Å². The highest BCUT2D eigenvalue weighted by Gasteiger charge is 2.46. The lowest BCUT2D eigenvalue weighted by atomic mass is 9.79. The van der Waals surface area contributed by atoms with E-state index in [1.165, 1.54) is 6.42 Å². The molecular weight excluding hydrogens is 244 g/mol. The first-order chi connectivity index (χ1) is 8.60. The van der Waals surface area contributed by atoms with Gasteiger partial charge in [-0.25, -0.2) is 0 Å². The third kappa shape index (κ3) is 1.94. The van der Waals surface area contributed by atoms with Crippen molar-refractivity contribution in [1.29, 1.82) is 0 Å². The molecule has 3 rings (SSSR count). The molecule has 2 aliphatic rings. The van der Waals surface area contributed by atoms with E-state index in [0.29, 0.717) is 12.8 Å². The first kappa shape index (κ1) is 12.4. The summed E-state index contributed by atoms with van der Waals surface area (Å²) >= 11 is 0. The predicted octanol–water partition coefficient (Wildman–Crippen LogP) is 2.65. The molecule has 18 heavy (non-hydrogen) atoms. The second-order valence-corrected chi connectivity index (χ2v) is 7.75. The average Bonchev–Trinajstić information content (AvgIpc) is 2.32. The van der Waals surface area contributed by atoms with Gasteiger partial charge in [-0.05, 0) is 43.7 Å². The minimum absolute atomic E-state index is 0.196. The lowest BCUT2D eigenvalue weighted by Gasteiger charge is -2.44. The zero-order valence-electron chi connectivity index (χ0n) is 10.8. The van der Waals surface area contributed by atoms with Gasteiger partial charge in [0.05, 0.1) is 5.60 Å². The SMILES string of the molecule is Cc1ccccc1C1(O)CC2CCCC(C1)S2=O. The molecule has 2 bridgehead atoms. The van der Waals surface area contributed by atoms with Gasteiger partial charge in [-0.2, -0.15) is 0 Å². The highest BCUT2D eigenvalue weighted by molar-refractivity contribution is 7.86. The Kier molecular flexibility index (Phi) is 3.07. The zero-order valence-corrected chi connectivity index (χ0v) is 11.6. The quantitative estimate of drug-likeness (QED) is 0.846. The second-order valence-electron chi connectivity index (χ2n) is 5.76. The van der Waals surface area contributed by atoms with Crippen molar-refractivity contribution < 1.29 is 9.32 Å². The van der Waals surface area contributed by atoms with Gasteiger partial charge >= 0.3 is 0 Å². The molecule has 1 N–H and O–H groups in total. The number of hydrogen-bond donors (Lipinski definition) is 1. The van der Waals surface area contributed by atoms with Crippen LogP contribution in [0.2, 0.25) is 0 Å². The fraction of sp³-hybridized carbons (Fsp3) is 0.600. The van der Waals surface area contributed by atoms with Crippen molar-refractivity contribution in [2.45, 2.75) is 55.1 Å². The number of hydrogen-bond acceptors (Lipinski definition) is 2. The highest BCUT2D eigenvalue weighted by Crippen LogP contribution is 2.45. The second kappa shape index (κ2) is 4.46. The fourth-order valence-electron chi connectivity index (χ4n) is 3.60. The van der Waals surface area contributed by atoms with E-state index in [1.807, 2.05) is 18.2 Å². The Morgan fingerprint density at radius 1 is 1.22 bits per heavy atom. The summed E-state index contributed by atoms with van der Waals surface area (Å²) < 4.78 is 12.2. The van der Waals surface area contributed by atoms with Crippen molar-refractivity contribution in [1.82, 2.24) is 0 Å². The Bertz CT molecular complexity index is 467. The van der Waals surface area contributed by atoms with Crippen molar-refractivity contribution in [2.75, 3.05) is 0 Å². The van der Waals surface area contributed by atoms with Crippen LogP contribution in [0.5, 0.6) is 0 Å². The Morgan fingerprint density at radius 2 is 1.83 bits per heavy atom. The Balaban J connectivity index is 1.97. The van der Waals surface area contributed by atoms with Crippen molar-refractivity contribution in [3.05, 3.63) is 35.4 Å². The van der Waals surface area contributed by atoms with E-state index in [1.54, 1.807) is 0 Å². The van der Waals surface area contributed by atoms with E-state index in [-0.39, 0.29) is 10.5 Å². The van der Waals surface area contributed by atoms with Crippen LogP contribution >= 0.6 is 0 Å². The van der Waals surface area contributed by atoms with Gasteiger partial charge in [-0.15, -0.1) is 0 Å². The maximum absolute atomic E-state index is 12.2. The van der Waals surface area contributed by atoms with Crippen molar-refractivity contribution >= 4 is 10.8 Å². The molecule has 98 valence electrons. The highest BCUT2D eigenvalue weighted by atomic mass is 32.2. The first-order valence-electron chi connectivity index (χ1n) is 6.78. The molecule has 0 aromatic heterocycles. The lowest BCUT2D eigenvalue weighted by molar-refractivity contribution is 0.00599. The molecule has 2 fully saturated rings. The van der Waals surface area contributed by atoms with Crippen LogP contribution in [0, 0.1) is 6.92 Å². The monoisotopic (exact) mass is 264 g/mol. The summed E-state index contributed by atoms with van der Waals surface area (Å²) in [4.78, 5) is 0. The van der Waals surface area contributed by atoms with Crippen LogP contribution in [-0.4, -0.2) is 19.8 Å². The van der Waals surface area contributed by atoms with Crippen LogP contribution in [0.3, 0.4) is 0 Å². The third-order valence-corrected chi connectivity index (χ3v) is 6.61. The summed E-state index contributed by atoms with van der Waals surface area (Å²) in [5.74, 6) is 0. The van der Waals surface area contributed by atoms with Crippen molar-refractivity contribution in [2.24, 2.45) is 0 Å². The zero-order chi connectivity index (χ0) is 12.8. The number of aryl methyl sites for hydroxylation is 1. The van der Waals surface area contributed by atoms with Crippen LogP contribution in [-0.2, 0) is 16.4 Å². The molecule has 1 aromatic carbocycles. The molecule has 2 saturated heterocycles. The van der Waals surface area contributed by atoms with E-state index in [9.17, 15) is 9.32 Å². The van der Waals surface area contributed by atoms with Crippen LogP contribution in [0.15, 0.2) is 24.3 Å². The summed E-state index contributed by atoms with van der Waals surface area (Å²) in [6.45, 7) is 2.05. The van der Waals surface area contributed by atoms with E-state index in [2.05, 4.69) is 13.0 Å². The van der Waals surface area contributed by atoms with Crippen LogP contribution in [0.25, 0.3) is 0 Å². The van der Waals surface area contributed by atoms with Gasteiger partial charge in [0.1, 0.15) is 0 Å². The molecule has 2 aliphatic heterocycles.